The summed E-state index contributed by atoms with van der Waals surface area (Å²) in [6.45, 7) is 2.26. The standard InChI is InChI=1S/C23H24O7/c1-3-27-23(25)22-19(18-7-4-5-8-20(18)30-22)15-29-21(24)9-6-14-28-17-12-10-16(26-2)11-13-17/h4-5,7-8,10-13H,3,6,9,14-15H2,1-2H3. The summed E-state index contributed by atoms with van der Waals surface area (Å²) in [6, 6.07) is 14.4. The van der Waals surface area contributed by atoms with E-state index in [1.54, 1.807) is 50.4 Å². The van der Waals surface area contributed by atoms with Crippen LogP contribution in [0.4, 0.5) is 0 Å². The lowest BCUT2D eigenvalue weighted by Crippen LogP contribution is -2.10. The van der Waals surface area contributed by atoms with Gasteiger partial charge in [0, 0.05) is 11.8 Å². The molecule has 0 amide bonds. The predicted molar refractivity (Wildman–Crippen MR) is 110 cm³/mol. The van der Waals surface area contributed by atoms with Crippen molar-refractivity contribution >= 4 is 22.9 Å². The van der Waals surface area contributed by atoms with E-state index in [4.69, 9.17) is 23.4 Å². The highest BCUT2D eigenvalue weighted by molar-refractivity contribution is 5.96. The zero-order valence-electron chi connectivity index (χ0n) is 17.0. The first-order valence-electron chi connectivity index (χ1n) is 9.72. The van der Waals surface area contributed by atoms with Crippen molar-refractivity contribution in [1.82, 2.24) is 0 Å². The third-order valence-electron chi connectivity index (χ3n) is 4.39. The molecular formula is C23H24O7. The maximum atomic E-state index is 12.2. The molecule has 0 bridgehead atoms. The number of furan rings is 1. The predicted octanol–water partition coefficient (Wildman–Crippen LogP) is 4.52. The van der Waals surface area contributed by atoms with Crippen LogP contribution in [0.5, 0.6) is 11.5 Å². The van der Waals surface area contributed by atoms with Gasteiger partial charge in [-0.2, -0.15) is 0 Å². The minimum absolute atomic E-state index is 0.0636. The number of carbonyl (C=O) groups is 2. The fourth-order valence-corrected chi connectivity index (χ4v) is 2.91. The zero-order valence-corrected chi connectivity index (χ0v) is 17.0. The van der Waals surface area contributed by atoms with Crippen LogP contribution in [-0.4, -0.2) is 32.3 Å². The molecule has 0 aliphatic heterocycles. The van der Waals surface area contributed by atoms with Gasteiger partial charge in [0.05, 0.1) is 25.9 Å². The van der Waals surface area contributed by atoms with Gasteiger partial charge >= 0.3 is 11.9 Å². The summed E-state index contributed by atoms with van der Waals surface area (Å²) in [7, 11) is 1.60. The summed E-state index contributed by atoms with van der Waals surface area (Å²) >= 11 is 0. The molecule has 0 atom stereocenters. The smallest absolute Gasteiger partial charge is 0.374 e. The van der Waals surface area contributed by atoms with Crippen LogP contribution in [0.15, 0.2) is 52.9 Å². The highest BCUT2D eigenvalue weighted by Crippen LogP contribution is 2.27. The molecule has 0 N–H and O–H groups in total. The number of esters is 2. The second kappa shape index (κ2) is 10.3. The van der Waals surface area contributed by atoms with Crippen molar-refractivity contribution < 1.29 is 33.0 Å². The van der Waals surface area contributed by atoms with Crippen molar-refractivity contribution in [2.75, 3.05) is 20.3 Å². The Balaban J connectivity index is 1.52. The Hall–Kier alpha value is -3.48. The molecule has 0 aliphatic carbocycles. The summed E-state index contributed by atoms with van der Waals surface area (Å²) in [5.41, 5.74) is 1.05. The first-order valence-corrected chi connectivity index (χ1v) is 9.72. The van der Waals surface area contributed by atoms with Gasteiger partial charge < -0.3 is 23.4 Å². The first-order chi connectivity index (χ1) is 14.6. The van der Waals surface area contributed by atoms with Crippen LogP contribution < -0.4 is 9.47 Å². The van der Waals surface area contributed by atoms with Gasteiger partial charge in [0.2, 0.25) is 5.76 Å². The third-order valence-corrected chi connectivity index (χ3v) is 4.39. The van der Waals surface area contributed by atoms with Gasteiger partial charge in [-0.15, -0.1) is 0 Å². The van der Waals surface area contributed by atoms with Crippen molar-refractivity contribution in [3.05, 3.63) is 59.9 Å². The van der Waals surface area contributed by atoms with Crippen LogP contribution in [0.3, 0.4) is 0 Å². The fraction of sp³-hybridized carbons (Fsp3) is 0.304. The van der Waals surface area contributed by atoms with Crippen LogP contribution in [0.1, 0.15) is 35.9 Å². The number of methoxy groups -OCH3 is 1. The van der Waals surface area contributed by atoms with E-state index < -0.39 is 5.97 Å². The van der Waals surface area contributed by atoms with Crippen molar-refractivity contribution in [3.63, 3.8) is 0 Å². The molecule has 7 nitrogen and oxygen atoms in total. The molecule has 0 radical (unpaired) electrons. The molecule has 0 aliphatic rings. The average Bonchev–Trinajstić information content (AvgIpc) is 3.14. The maximum absolute atomic E-state index is 12.2. The Morgan fingerprint density at radius 3 is 2.43 bits per heavy atom. The molecule has 7 heteroatoms. The van der Waals surface area contributed by atoms with Crippen LogP contribution >= 0.6 is 0 Å². The van der Waals surface area contributed by atoms with Crippen molar-refractivity contribution in [2.24, 2.45) is 0 Å². The molecule has 0 saturated carbocycles. The topological polar surface area (TPSA) is 84.2 Å². The summed E-state index contributed by atoms with van der Waals surface area (Å²) in [4.78, 5) is 24.3. The Morgan fingerprint density at radius 1 is 0.967 bits per heavy atom. The van der Waals surface area contributed by atoms with Gasteiger partial charge in [0.1, 0.15) is 23.7 Å². The van der Waals surface area contributed by atoms with E-state index in [2.05, 4.69) is 0 Å². The van der Waals surface area contributed by atoms with E-state index in [9.17, 15) is 9.59 Å². The van der Waals surface area contributed by atoms with Crippen molar-refractivity contribution in [2.45, 2.75) is 26.4 Å². The molecule has 1 aromatic heterocycles. The van der Waals surface area contributed by atoms with E-state index in [1.807, 2.05) is 12.1 Å². The molecule has 2 aromatic carbocycles. The second-order valence-electron chi connectivity index (χ2n) is 6.41. The average molecular weight is 412 g/mol. The van der Waals surface area contributed by atoms with E-state index in [0.717, 1.165) is 11.1 Å². The number of hydrogen-bond donors (Lipinski definition) is 0. The zero-order chi connectivity index (χ0) is 21.3. The van der Waals surface area contributed by atoms with Crippen LogP contribution in [0.2, 0.25) is 0 Å². The first kappa shape index (κ1) is 21.2. The summed E-state index contributed by atoms with van der Waals surface area (Å²) < 4.78 is 26.7. The Labute approximate surface area is 174 Å². The lowest BCUT2D eigenvalue weighted by atomic mass is 10.1. The quantitative estimate of drug-likeness (QED) is 0.357. The van der Waals surface area contributed by atoms with E-state index in [0.29, 0.717) is 29.9 Å². The monoisotopic (exact) mass is 412 g/mol. The number of rotatable bonds is 10. The molecular weight excluding hydrogens is 388 g/mol. The van der Waals surface area contributed by atoms with Crippen molar-refractivity contribution in [1.29, 1.82) is 0 Å². The minimum atomic E-state index is -0.576. The highest BCUT2D eigenvalue weighted by atomic mass is 16.5. The molecule has 3 rings (SSSR count). The molecule has 0 unspecified atom stereocenters. The molecule has 30 heavy (non-hydrogen) atoms. The normalized spacial score (nSPS) is 10.6. The Bertz CT molecular complexity index is 988. The Morgan fingerprint density at radius 2 is 1.70 bits per heavy atom. The summed E-state index contributed by atoms with van der Waals surface area (Å²) in [6.07, 6.45) is 0.697. The molecule has 3 aromatic rings. The number of hydrogen-bond acceptors (Lipinski definition) is 7. The van der Waals surface area contributed by atoms with Gasteiger partial charge in [0.25, 0.3) is 0 Å². The molecule has 0 spiro atoms. The SMILES string of the molecule is CCOC(=O)c1oc2ccccc2c1COC(=O)CCCOc1ccc(OC)cc1. The maximum Gasteiger partial charge on any atom is 0.374 e. The van der Waals surface area contributed by atoms with E-state index in [1.165, 1.54) is 0 Å². The van der Waals surface area contributed by atoms with Crippen LogP contribution in [0.25, 0.3) is 11.0 Å². The van der Waals surface area contributed by atoms with E-state index in [-0.39, 0.29) is 31.4 Å². The number of ether oxygens (including phenoxy) is 4. The third kappa shape index (κ3) is 5.31. The van der Waals surface area contributed by atoms with Gasteiger partial charge in [-0.1, -0.05) is 18.2 Å². The Kier molecular flexibility index (Phi) is 7.32. The van der Waals surface area contributed by atoms with Crippen molar-refractivity contribution in [3.8, 4) is 11.5 Å². The largest absolute Gasteiger partial charge is 0.497 e. The van der Waals surface area contributed by atoms with Gasteiger partial charge in [-0.05, 0) is 43.7 Å². The molecule has 0 saturated heterocycles. The summed E-state index contributed by atoms with van der Waals surface area (Å²) in [5.74, 6) is 0.558. The summed E-state index contributed by atoms with van der Waals surface area (Å²) in [5, 5.41) is 0.719. The van der Waals surface area contributed by atoms with E-state index >= 15 is 0 Å². The molecule has 1 heterocycles. The number of carbonyl (C=O) groups excluding carboxylic acids is 2. The lowest BCUT2D eigenvalue weighted by Gasteiger charge is -2.08. The number of benzene rings is 2. The molecule has 0 fully saturated rings. The van der Waals surface area contributed by atoms with Gasteiger partial charge in [-0.25, -0.2) is 4.79 Å². The lowest BCUT2D eigenvalue weighted by molar-refractivity contribution is -0.145. The van der Waals surface area contributed by atoms with Gasteiger partial charge in [-0.3, -0.25) is 4.79 Å². The minimum Gasteiger partial charge on any atom is -0.497 e. The van der Waals surface area contributed by atoms with Crippen LogP contribution in [0, 0.1) is 0 Å². The number of fused-ring (bicyclic) bond motifs is 1. The van der Waals surface area contributed by atoms with Gasteiger partial charge in [0.15, 0.2) is 0 Å². The number of para-hydroxylation sites is 1. The highest BCUT2D eigenvalue weighted by Gasteiger charge is 2.22. The molecule has 158 valence electrons. The fourth-order valence-electron chi connectivity index (χ4n) is 2.91. The second-order valence-corrected chi connectivity index (χ2v) is 6.41. The van der Waals surface area contributed by atoms with Crippen LogP contribution in [-0.2, 0) is 20.9 Å².